The Bertz CT molecular complexity index is 456. The van der Waals surface area contributed by atoms with E-state index in [1.807, 2.05) is 24.3 Å². The summed E-state index contributed by atoms with van der Waals surface area (Å²) in [6, 6.07) is 7.75. The Hall–Kier alpha value is -1.79. The molecule has 0 aliphatic carbocycles. The van der Waals surface area contributed by atoms with Crippen molar-refractivity contribution >= 4 is 11.9 Å². The number of carbonyl (C=O) groups is 2. The van der Waals surface area contributed by atoms with E-state index in [-0.39, 0.29) is 18.4 Å². The molecule has 0 aromatic heterocycles. The molecule has 20 heavy (non-hydrogen) atoms. The van der Waals surface area contributed by atoms with Gasteiger partial charge in [0.15, 0.2) is 6.10 Å². The largest absolute Gasteiger partial charge is 0.469 e. The predicted octanol–water partition coefficient (Wildman–Crippen LogP) is 1.19. The predicted molar refractivity (Wildman–Crippen MR) is 69.6 cm³/mol. The first-order valence-corrected chi connectivity index (χ1v) is 6.45. The van der Waals surface area contributed by atoms with Crippen molar-refractivity contribution in [2.45, 2.75) is 25.0 Å². The van der Waals surface area contributed by atoms with E-state index in [2.05, 4.69) is 4.74 Å². The maximum absolute atomic E-state index is 11.6. The summed E-state index contributed by atoms with van der Waals surface area (Å²) in [5, 5.41) is 1.66. The van der Waals surface area contributed by atoms with Crippen molar-refractivity contribution in [1.82, 2.24) is 5.06 Å². The van der Waals surface area contributed by atoms with Gasteiger partial charge < -0.3 is 9.47 Å². The fourth-order valence-corrected chi connectivity index (χ4v) is 2.30. The van der Waals surface area contributed by atoms with E-state index in [0.29, 0.717) is 13.0 Å². The number of hydroxylamine groups is 2. The van der Waals surface area contributed by atoms with Crippen LogP contribution in [0.5, 0.6) is 0 Å². The fourth-order valence-electron chi connectivity index (χ4n) is 2.30. The molecule has 0 bridgehead atoms. The van der Waals surface area contributed by atoms with Gasteiger partial charge in [0.05, 0.1) is 20.6 Å². The van der Waals surface area contributed by atoms with Crippen LogP contribution < -0.4 is 0 Å². The number of ether oxygens (including phenoxy) is 2. The maximum Gasteiger partial charge on any atom is 0.337 e. The van der Waals surface area contributed by atoms with Crippen molar-refractivity contribution in [3.63, 3.8) is 0 Å². The van der Waals surface area contributed by atoms with E-state index < -0.39 is 12.1 Å². The lowest BCUT2D eigenvalue weighted by atomic mass is 10.0. The summed E-state index contributed by atoms with van der Waals surface area (Å²) in [5.41, 5.74) is 1.06. The smallest absolute Gasteiger partial charge is 0.337 e. The van der Waals surface area contributed by atoms with Gasteiger partial charge in [-0.1, -0.05) is 0 Å². The van der Waals surface area contributed by atoms with E-state index in [9.17, 15) is 9.59 Å². The highest BCUT2D eigenvalue weighted by atomic mass is 16.7. The van der Waals surface area contributed by atoms with E-state index in [1.54, 1.807) is 5.06 Å². The molecule has 0 N–H and O–H groups in total. The Morgan fingerprint density at radius 2 is 2.25 bits per heavy atom. The summed E-state index contributed by atoms with van der Waals surface area (Å²) in [6.45, 7) is 0.371. The van der Waals surface area contributed by atoms with Crippen LogP contribution in [0, 0.1) is 0 Å². The highest BCUT2D eigenvalue weighted by molar-refractivity contribution is 5.75. The second-order valence-electron chi connectivity index (χ2n) is 4.55. The number of hydrogen-bond acceptors (Lipinski definition) is 6. The molecule has 0 saturated carbocycles. The van der Waals surface area contributed by atoms with Gasteiger partial charge in [0.25, 0.3) is 0 Å². The molecule has 1 fully saturated rings. The molecule has 0 radical (unpaired) electrons. The number of esters is 2. The molecule has 0 spiro atoms. The molecule has 1 aliphatic heterocycles. The van der Waals surface area contributed by atoms with Crippen LogP contribution in [0.4, 0.5) is 0 Å². The molecule has 1 saturated heterocycles. The minimum atomic E-state index is -0.627. The van der Waals surface area contributed by atoms with E-state index in [0.717, 1.165) is 5.56 Å². The number of carbonyl (C=O) groups excluding carboxylic acids is 2. The molecule has 1 aromatic carbocycles. The molecule has 1 aromatic rings. The number of rotatable bonds is 5. The van der Waals surface area contributed by atoms with Crippen LogP contribution in [0.2, 0.25) is 0 Å². The lowest BCUT2D eigenvalue weighted by Crippen LogP contribution is -2.28. The van der Waals surface area contributed by atoms with Crippen LogP contribution in [0.3, 0.4) is 0 Å². The van der Waals surface area contributed by atoms with Gasteiger partial charge in [0, 0.05) is 12.6 Å². The average Bonchev–Trinajstić information content (AvgIpc) is 3.12. The lowest BCUT2D eigenvalue weighted by molar-refractivity contribution is -0.189. The van der Waals surface area contributed by atoms with Crippen LogP contribution in [0.25, 0.3) is 0 Å². The fraction of sp³-hybridized carbons (Fsp3) is 0.500. The molecular weight excluding hydrogens is 262 g/mol. The lowest BCUT2D eigenvalue weighted by Gasteiger charge is -2.25. The highest BCUT2D eigenvalue weighted by Gasteiger charge is 2.36. The monoisotopic (exact) mass is 280 g/mol. The van der Waals surface area contributed by atoms with Gasteiger partial charge in [-0.05, 0) is 6.42 Å². The molecule has 110 valence electrons. The Morgan fingerprint density at radius 3 is 2.85 bits per heavy atom. The quantitative estimate of drug-likeness (QED) is 0.596. The molecule has 0 unspecified atom stereocenters. The van der Waals surface area contributed by atoms with Crippen LogP contribution in [0.1, 0.15) is 24.4 Å². The SMILES string of the molecule is COC(=O)CCN1O[C@@H](C(=O)OC)C[C@H]1c1cc[cH-]c1. The molecular formula is C14H18NO5-. The molecule has 2 rings (SSSR count). The van der Waals surface area contributed by atoms with Crippen molar-refractivity contribution < 1.29 is 23.9 Å². The summed E-state index contributed by atoms with van der Waals surface area (Å²) in [7, 11) is 2.68. The van der Waals surface area contributed by atoms with Gasteiger partial charge in [-0.2, -0.15) is 28.8 Å². The van der Waals surface area contributed by atoms with Gasteiger partial charge in [-0.15, -0.1) is 0 Å². The zero-order chi connectivity index (χ0) is 14.5. The summed E-state index contributed by atoms with van der Waals surface area (Å²) in [5.74, 6) is -0.710. The van der Waals surface area contributed by atoms with E-state index in [1.165, 1.54) is 14.2 Å². The number of nitrogens with zero attached hydrogens (tertiary/aromatic N) is 1. The van der Waals surface area contributed by atoms with Crippen molar-refractivity contribution in [2.75, 3.05) is 20.8 Å². The van der Waals surface area contributed by atoms with Gasteiger partial charge >= 0.3 is 11.9 Å². The Balaban J connectivity index is 2.05. The van der Waals surface area contributed by atoms with E-state index in [4.69, 9.17) is 9.57 Å². The topological polar surface area (TPSA) is 65.1 Å². The van der Waals surface area contributed by atoms with Gasteiger partial charge in [-0.25, -0.2) is 10.9 Å². The Morgan fingerprint density at radius 1 is 1.45 bits per heavy atom. The Labute approximate surface area is 117 Å². The highest BCUT2D eigenvalue weighted by Crippen LogP contribution is 2.34. The molecule has 0 amide bonds. The van der Waals surface area contributed by atoms with Crippen LogP contribution in [-0.2, 0) is 23.9 Å². The summed E-state index contributed by atoms with van der Waals surface area (Å²) >= 11 is 0. The molecule has 6 nitrogen and oxygen atoms in total. The molecule has 1 aliphatic rings. The molecule has 1 heterocycles. The third-order valence-electron chi connectivity index (χ3n) is 3.35. The standard InChI is InChI=1S/C14H18NO5/c1-18-13(16)7-8-15-11(10-5-3-4-6-10)9-12(20-15)14(17)19-2/h3-6,11-12H,7-9H2,1-2H3/q-1/t11-,12+/m0/s1. The minimum Gasteiger partial charge on any atom is -0.469 e. The summed E-state index contributed by atoms with van der Waals surface area (Å²) in [6.07, 6.45) is 0.0944. The van der Waals surface area contributed by atoms with Gasteiger partial charge in [0.2, 0.25) is 0 Å². The first-order chi connectivity index (χ1) is 9.65. The molecule has 2 atom stereocenters. The van der Waals surface area contributed by atoms with Gasteiger partial charge in [-0.3, -0.25) is 9.63 Å². The zero-order valence-corrected chi connectivity index (χ0v) is 11.6. The average molecular weight is 280 g/mol. The van der Waals surface area contributed by atoms with Crippen LogP contribution in [-0.4, -0.2) is 43.9 Å². The third-order valence-corrected chi connectivity index (χ3v) is 3.35. The zero-order valence-electron chi connectivity index (χ0n) is 11.6. The normalized spacial score (nSPS) is 22.7. The van der Waals surface area contributed by atoms with Crippen molar-refractivity contribution in [1.29, 1.82) is 0 Å². The third kappa shape index (κ3) is 3.20. The minimum absolute atomic E-state index is 0.0567. The van der Waals surface area contributed by atoms with E-state index >= 15 is 0 Å². The van der Waals surface area contributed by atoms with Crippen molar-refractivity contribution in [2.24, 2.45) is 0 Å². The maximum atomic E-state index is 11.6. The number of hydrogen-bond donors (Lipinski definition) is 0. The Kier molecular flexibility index (Phi) is 4.81. The van der Waals surface area contributed by atoms with Crippen LogP contribution in [0.15, 0.2) is 24.3 Å². The first kappa shape index (κ1) is 14.6. The van der Waals surface area contributed by atoms with Crippen molar-refractivity contribution in [3.05, 3.63) is 29.8 Å². The number of methoxy groups -OCH3 is 2. The summed E-state index contributed by atoms with van der Waals surface area (Å²) < 4.78 is 9.33. The first-order valence-electron chi connectivity index (χ1n) is 6.45. The van der Waals surface area contributed by atoms with Gasteiger partial charge in [0.1, 0.15) is 0 Å². The summed E-state index contributed by atoms with van der Waals surface area (Å²) in [4.78, 5) is 28.4. The second-order valence-corrected chi connectivity index (χ2v) is 4.55. The van der Waals surface area contributed by atoms with Crippen LogP contribution >= 0.6 is 0 Å². The molecule has 6 heteroatoms. The van der Waals surface area contributed by atoms with Crippen molar-refractivity contribution in [3.8, 4) is 0 Å². The second kappa shape index (κ2) is 6.58.